The minimum atomic E-state index is -4.77. The van der Waals surface area contributed by atoms with Gasteiger partial charge in [0, 0.05) is 13.7 Å². The molecular weight excluding hydrogens is 237 g/mol. The van der Waals surface area contributed by atoms with Gasteiger partial charge in [-0.15, -0.1) is 0 Å². The second kappa shape index (κ2) is 4.45. The van der Waals surface area contributed by atoms with Crippen molar-refractivity contribution < 1.29 is 22.7 Å². The highest BCUT2D eigenvalue weighted by Gasteiger charge is 2.54. The van der Waals surface area contributed by atoms with E-state index in [1.807, 2.05) is 0 Å². The van der Waals surface area contributed by atoms with E-state index < -0.39 is 23.2 Å². The van der Waals surface area contributed by atoms with Crippen LogP contribution in [-0.2, 0) is 9.53 Å². The number of hydrogen-bond acceptors (Lipinski definition) is 3. The van der Waals surface area contributed by atoms with Crippen LogP contribution in [-0.4, -0.2) is 36.9 Å². The second-order valence-corrected chi connectivity index (χ2v) is 4.62. The Balaban J connectivity index is 2.55. The maximum Gasteiger partial charge on any atom is 0.415 e. The maximum atomic E-state index is 12.5. The minimum Gasteiger partial charge on any atom is -0.376 e. The minimum absolute atomic E-state index is 0.0607. The molecule has 1 fully saturated rings. The number of carbonyl (C=O) groups excluding carboxylic acids is 1. The molecule has 0 aromatic heterocycles. The van der Waals surface area contributed by atoms with Gasteiger partial charge in [0.2, 0.25) is 5.91 Å². The number of carbonyl (C=O) groups is 1. The molecule has 100 valence electrons. The zero-order chi connectivity index (χ0) is 13.3. The third kappa shape index (κ3) is 2.71. The number of rotatable bonds is 4. The van der Waals surface area contributed by atoms with Crippen molar-refractivity contribution in [1.82, 2.24) is 5.32 Å². The van der Waals surface area contributed by atoms with Crippen molar-refractivity contribution in [2.45, 2.75) is 43.5 Å². The summed E-state index contributed by atoms with van der Waals surface area (Å²) in [7, 11) is 1.48. The van der Waals surface area contributed by atoms with Crippen LogP contribution in [0.15, 0.2) is 0 Å². The summed E-state index contributed by atoms with van der Waals surface area (Å²) in [5, 5.41) is 2.21. The van der Waals surface area contributed by atoms with E-state index in [-0.39, 0.29) is 6.54 Å². The van der Waals surface area contributed by atoms with Crippen molar-refractivity contribution in [2.24, 2.45) is 5.73 Å². The van der Waals surface area contributed by atoms with Crippen LogP contribution in [0, 0.1) is 0 Å². The fourth-order valence-corrected chi connectivity index (χ4v) is 1.58. The number of methoxy groups -OCH3 is 1. The van der Waals surface area contributed by atoms with Gasteiger partial charge in [0.1, 0.15) is 0 Å². The van der Waals surface area contributed by atoms with Crippen LogP contribution < -0.4 is 11.1 Å². The van der Waals surface area contributed by atoms with Crippen molar-refractivity contribution in [2.75, 3.05) is 13.7 Å². The molecule has 1 saturated carbocycles. The Kier molecular flexibility index (Phi) is 3.73. The van der Waals surface area contributed by atoms with Gasteiger partial charge in [-0.25, -0.2) is 0 Å². The van der Waals surface area contributed by atoms with Gasteiger partial charge in [-0.3, -0.25) is 4.79 Å². The predicted molar refractivity (Wildman–Crippen MR) is 55.2 cm³/mol. The van der Waals surface area contributed by atoms with Gasteiger partial charge in [-0.1, -0.05) is 0 Å². The Morgan fingerprint density at radius 3 is 2.29 bits per heavy atom. The van der Waals surface area contributed by atoms with E-state index in [1.165, 1.54) is 7.11 Å². The van der Waals surface area contributed by atoms with Gasteiger partial charge in [-0.2, -0.15) is 13.2 Å². The van der Waals surface area contributed by atoms with Crippen LogP contribution in [0.4, 0.5) is 13.2 Å². The first-order chi connectivity index (χ1) is 7.65. The molecular formula is C10H17F3N2O2. The lowest BCUT2D eigenvalue weighted by Gasteiger charge is -2.41. The number of ether oxygens (including phenoxy) is 1. The Labute approximate surface area is 97.7 Å². The van der Waals surface area contributed by atoms with Crippen molar-refractivity contribution in [3.05, 3.63) is 0 Å². The average Bonchev–Trinajstić information content (AvgIpc) is 2.14. The van der Waals surface area contributed by atoms with Gasteiger partial charge in [0.25, 0.3) is 0 Å². The number of amides is 1. The molecule has 0 heterocycles. The quantitative estimate of drug-likeness (QED) is 0.785. The van der Waals surface area contributed by atoms with Gasteiger partial charge in [0.05, 0.1) is 5.60 Å². The molecule has 4 nitrogen and oxygen atoms in total. The topological polar surface area (TPSA) is 64.3 Å². The zero-order valence-corrected chi connectivity index (χ0v) is 9.86. The van der Waals surface area contributed by atoms with Gasteiger partial charge in [0.15, 0.2) is 5.54 Å². The molecule has 3 N–H and O–H groups in total. The van der Waals surface area contributed by atoms with Gasteiger partial charge < -0.3 is 15.8 Å². The van der Waals surface area contributed by atoms with E-state index in [1.54, 1.807) is 0 Å². The van der Waals surface area contributed by atoms with Crippen molar-refractivity contribution in [3.8, 4) is 0 Å². The summed E-state index contributed by atoms with van der Waals surface area (Å²) >= 11 is 0. The molecule has 0 radical (unpaired) electrons. The number of nitrogens with one attached hydrogen (secondary N) is 1. The largest absolute Gasteiger partial charge is 0.415 e. The molecule has 0 aromatic rings. The highest BCUT2D eigenvalue weighted by molar-refractivity contribution is 5.86. The number of hydrogen-bond donors (Lipinski definition) is 2. The first kappa shape index (κ1) is 14.2. The third-order valence-electron chi connectivity index (χ3n) is 3.33. The summed E-state index contributed by atoms with van der Waals surface area (Å²) < 4.78 is 42.6. The van der Waals surface area contributed by atoms with Crippen LogP contribution >= 0.6 is 0 Å². The fourth-order valence-electron chi connectivity index (χ4n) is 1.58. The molecule has 1 aliphatic carbocycles. The second-order valence-electron chi connectivity index (χ2n) is 4.62. The third-order valence-corrected chi connectivity index (χ3v) is 3.33. The normalized spacial score (nSPS) is 22.5. The molecule has 1 aliphatic rings. The molecule has 0 saturated heterocycles. The summed E-state index contributed by atoms with van der Waals surface area (Å²) in [5.74, 6) is -1.23. The molecule has 1 unspecified atom stereocenters. The van der Waals surface area contributed by atoms with Gasteiger partial charge >= 0.3 is 6.18 Å². The lowest BCUT2D eigenvalue weighted by atomic mass is 9.80. The first-order valence-electron chi connectivity index (χ1n) is 5.34. The standard InChI is InChI=1S/C10H17F3N2O2/c1-8(14,10(11,12)13)7(16)15-6-9(17-2)4-3-5-9/h3-6,14H2,1-2H3,(H,15,16). The number of alkyl halides is 3. The molecule has 0 bridgehead atoms. The molecule has 1 atom stereocenters. The zero-order valence-electron chi connectivity index (χ0n) is 9.86. The molecule has 0 spiro atoms. The number of nitrogens with two attached hydrogens (primary N) is 1. The van der Waals surface area contributed by atoms with Crippen molar-refractivity contribution in [3.63, 3.8) is 0 Å². The molecule has 0 aromatic carbocycles. The highest BCUT2D eigenvalue weighted by atomic mass is 19.4. The van der Waals surface area contributed by atoms with Crippen LogP contribution in [0.25, 0.3) is 0 Å². The van der Waals surface area contributed by atoms with E-state index in [9.17, 15) is 18.0 Å². The molecule has 17 heavy (non-hydrogen) atoms. The Hall–Kier alpha value is -0.820. The van der Waals surface area contributed by atoms with Crippen molar-refractivity contribution in [1.29, 1.82) is 0 Å². The summed E-state index contributed by atoms with van der Waals surface area (Å²) in [6.45, 7) is 0.716. The first-order valence-corrected chi connectivity index (χ1v) is 5.34. The van der Waals surface area contributed by atoms with Gasteiger partial charge in [-0.05, 0) is 26.2 Å². The summed E-state index contributed by atoms with van der Waals surface area (Å²) in [4.78, 5) is 11.4. The Morgan fingerprint density at radius 2 is 2.00 bits per heavy atom. The number of halogens is 3. The summed E-state index contributed by atoms with van der Waals surface area (Å²) in [6, 6.07) is 0. The monoisotopic (exact) mass is 254 g/mol. The lowest BCUT2D eigenvalue weighted by molar-refractivity contribution is -0.188. The highest BCUT2D eigenvalue weighted by Crippen LogP contribution is 2.34. The van der Waals surface area contributed by atoms with Crippen LogP contribution in [0.2, 0.25) is 0 Å². The van der Waals surface area contributed by atoms with Crippen molar-refractivity contribution >= 4 is 5.91 Å². The SMILES string of the molecule is COC1(CNC(=O)C(C)(N)C(F)(F)F)CCC1. The van der Waals surface area contributed by atoms with E-state index in [4.69, 9.17) is 10.5 Å². The van der Waals surface area contributed by atoms with E-state index in [0.29, 0.717) is 6.92 Å². The van der Waals surface area contributed by atoms with Crippen LogP contribution in [0.1, 0.15) is 26.2 Å². The maximum absolute atomic E-state index is 12.5. The summed E-state index contributed by atoms with van der Waals surface area (Å²) in [5.41, 5.74) is 1.60. The van der Waals surface area contributed by atoms with E-state index >= 15 is 0 Å². The molecule has 7 heteroatoms. The predicted octanol–water partition coefficient (Wildman–Crippen LogP) is 0.951. The Bertz CT molecular complexity index is 293. The van der Waals surface area contributed by atoms with Crippen LogP contribution in [0.3, 0.4) is 0 Å². The fraction of sp³-hybridized carbons (Fsp3) is 0.900. The van der Waals surface area contributed by atoms with Crippen LogP contribution in [0.5, 0.6) is 0 Å². The Morgan fingerprint density at radius 1 is 1.47 bits per heavy atom. The summed E-state index contributed by atoms with van der Waals surface area (Å²) in [6.07, 6.45) is -2.35. The lowest BCUT2D eigenvalue weighted by Crippen LogP contribution is -2.63. The van der Waals surface area contributed by atoms with E-state index in [2.05, 4.69) is 5.32 Å². The van der Waals surface area contributed by atoms with E-state index in [0.717, 1.165) is 19.3 Å². The molecule has 0 aliphatic heterocycles. The smallest absolute Gasteiger partial charge is 0.376 e. The average molecular weight is 254 g/mol. The molecule has 1 rings (SSSR count). The molecule has 1 amide bonds.